The lowest BCUT2D eigenvalue weighted by Gasteiger charge is -2.42. The van der Waals surface area contributed by atoms with Gasteiger partial charge in [0.25, 0.3) is 0 Å². The molecule has 2 atom stereocenters. The number of aryl methyl sites for hydroxylation is 1. The van der Waals surface area contributed by atoms with E-state index in [-0.39, 0.29) is 11.3 Å². The first-order valence-electron chi connectivity index (χ1n) is 12.4. The molecule has 1 N–H and O–H groups in total. The quantitative estimate of drug-likeness (QED) is 0.785. The van der Waals surface area contributed by atoms with Crippen molar-refractivity contribution in [2.45, 2.75) is 62.2 Å². The van der Waals surface area contributed by atoms with Gasteiger partial charge in [-0.1, -0.05) is 48.5 Å². The van der Waals surface area contributed by atoms with Gasteiger partial charge in [-0.25, -0.2) is 0 Å². The molecule has 1 unspecified atom stereocenters. The van der Waals surface area contributed by atoms with Crippen LogP contribution >= 0.6 is 0 Å². The van der Waals surface area contributed by atoms with Gasteiger partial charge in [0.15, 0.2) is 0 Å². The first-order chi connectivity index (χ1) is 15.2. The van der Waals surface area contributed by atoms with Crippen molar-refractivity contribution in [2.75, 3.05) is 26.2 Å². The summed E-state index contributed by atoms with van der Waals surface area (Å²) in [5.74, 6) is 1.88. The first kappa shape index (κ1) is 19.5. The van der Waals surface area contributed by atoms with E-state index in [1.807, 2.05) is 0 Å². The molecule has 2 aromatic carbocycles. The molecule has 3 fully saturated rings. The van der Waals surface area contributed by atoms with Gasteiger partial charge in [-0.3, -0.25) is 4.79 Å². The van der Waals surface area contributed by atoms with Gasteiger partial charge >= 0.3 is 0 Å². The average molecular weight is 415 g/mol. The third kappa shape index (κ3) is 3.42. The van der Waals surface area contributed by atoms with E-state index in [2.05, 4.69) is 58.7 Å². The molecule has 2 aliphatic heterocycles. The Morgan fingerprint density at radius 2 is 1.71 bits per heavy atom. The van der Waals surface area contributed by atoms with Gasteiger partial charge in [-0.05, 0) is 79.0 Å². The maximum absolute atomic E-state index is 13.8. The topological polar surface area (TPSA) is 32.3 Å². The predicted molar refractivity (Wildman–Crippen MR) is 124 cm³/mol. The highest BCUT2D eigenvalue weighted by atomic mass is 16.2. The fourth-order valence-electron chi connectivity index (χ4n) is 6.71. The number of fused-ring (bicyclic) bond motifs is 2. The van der Waals surface area contributed by atoms with E-state index >= 15 is 0 Å². The fraction of sp³-hybridized carbons (Fsp3) is 0.536. The van der Waals surface area contributed by atoms with Crippen LogP contribution in [0.15, 0.2) is 48.5 Å². The molecule has 1 spiro atoms. The lowest BCUT2D eigenvalue weighted by Crippen LogP contribution is -2.49. The van der Waals surface area contributed by atoms with Gasteiger partial charge in [0.1, 0.15) is 0 Å². The molecule has 2 aromatic rings. The molecule has 1 amide bonds. The van der Waals surface area contributed by atoms with Crippen LogP contribution in [0.5, 0.6) is 0 Å². The van der Waals surface area contributed by atoms with E-state index in [1.54, 1.807) is 0 Å². The van der Waals surface area contributed by atoms with Gasteiger partial charge in [0.2, 0.25) is 5.91 Å². The van der Waals surface area contributed by atoms with Crippen LogP contribution in [-0.4, -0.2) is 37.0 Å². The molecule has 162 valence electrons. The van der Waals surface area contributed by atoms with Gasteiger partial charge in [-0.2, -0.15) is 0 Å². The van der Waals surface area contributed by atoms with Crippen LogP contribution < -0.4 is 5.32 Å². The van der Waals surface area contributed by atoms with Crippen molar-refractivity contribution in [2.24, 2.45) is 5.92 Å². The van der Waals surface area contributed by atoms with E-state index < -0.39 is 0 Å². The minimum atomic E-state index is 0.00300. The lowest BCUT2D eigenvalue weighted by atomic mass is 9.63. The second kappa shape index (κ2) is 7.78. The standard InChI is InChI=1S/C28H34N2O/c31-27(30-15-12-22(13-16-30)20-5-2-1-3-6-20)26-18-29-19-28(26)14-4-7-24-17-23(21-8-9-21)10-11-25(24)28/h1-3,5-6,10-11,17,21-22,26,29H,4,7-9,12-16,18-19H2/t26-,28?/m0/s1. The molecule has 31 heavy (non-hydrogen) atoms. The van der Waals surface area contributed by atoms with Crippen molar-refractivity contribution >= 4 is 5.91 Å². The van der Waals surface area contributed by atoms with Crippen molar-refractivity contribution in [3.8, 4) is 0 Å². The number of hydrogen-bond acceptors (Lipinski definition) is 2. The SMILES string of the molecule is O=C([C@@H]1CNCC12CCCc1cc(C3CC3)ccc12)N1CCC(c2ccccc2)CC1. The molecule has 2 aliphatic carbocycles. The van der Waals surface area contributed by atoms with Gasteiger partial charge in [0, 0.05) is 31.6 Å². The van der Waals surface area contributed by atoms with Gasteiger partial charge < -0.3 is 10.2 Å². The summed E-state index contributed by atoms with van der Waals surface area (Å²) in [4.78, 5) is 16.0. The summed E-state index contributed by atoms with van der Waals surface area (Å²) >= 11 is 0. The molecule has 2 heterocycles. The number of benzene rings is 2. The minimum absolute atomic E-state index is 0.00300. The molecule has 0 bridgehead atoms. The van der Waals surface area contributed by atoms with Crippen LogP contribution in [0.1, 0.15) is 72.6 Å². The zero-order valence-electron chi connectivity index (χ0n) is 18.5. The lowest BCUT2D eigenvalue weighted by molar-refractivity contribution is -0.138. The number of rotatable bonds is 3. The van der Waals surface area contributed by atoms with Crippen LogP contribution in [0.25, 0.3) is 0 Å². The Labute approximate surface area is 186 Å². The Bertz CT molecular complexity index is 958. The third-order valence-electron chi connectivity index (χ3n) is 8.62. The number of nitrogens with zero attached hydrogens (tertiary/aromatic N) is 1. The van der Waals surface area contributed by atoms with Crippen LogP contribution in [0.2, 0.25) is 0 Å². The molecule has 0 aromatic heterocycles. The highest BCUT2D eigenvalue weighted by Crippen LogP contribution is 2.48. The number of nitrogens with one attached hydrogen (secondary N) is 1. The summed E-state index contributed by atoms with van der Waals surface area (Å²) in [6.07, 6.45) is 8.42. The van der Waals surface area contributed by atoms with Crippen LogP contribution in [0, 0.1) is 5.92 Å². The van der Waals surface area contributed by atoms with E-state index in [0.717, 1.165) is 51.4 Å². The molecule has 0 radical (unpaired) electrons. The zero-order chi connectivity index (χ0) is 20.8. The van der Waals surface area contributed by atoms with Crippen LogP contribution in [0.3, 0.4) is 0 Å². The smallest absolute Gasteiger partial charge is 0.227 e. The van der Waals surface area contributed by atoms with E-state index in [0.29, 0.717) is 11.8 Å². The third-order valence-corrected chi connectivity index (χ3v) is 8.62. The number of hydrogen-bond donors (Lipinski definition) is 1. The predicted octanol–water partition coefficient (Wildman–Crippen LogP) is 4.76. The Morgan fingerprint density at radius 3 is 2.48 bits per heavy atom. The second-order valence-electron chi connectivity index (χ2n) is 10.4. The Kier molecular flexibility index (Phi) is 4.90. The summed E-state index contributed by atoms with van der Waals surface area (Å²) in [6, 6.07) is 18.1. The maximum Gasteiger partial charge on any atom is 0.227 e. The number of carbonyl (C=O) groups is 1. The second-order valence-corrected chi connectivity index (χ2v) is 10.4. The maximum atomic E-state index is 13.8. The van der Waals surface area contributed by atoms with Crippen LogP contribution in [-0.2, 0) is 16.6 Å². The molecule has 3 heteroatoms. The fourth-order valence-corrected chi connectivity index (χ4v) is 6.71. The van der Waals surface area contributed by atoms with Gasteiger partial charge in [0.05, 0.1) is 5.92 Å². The Hall–Kier alpha value is -2.13. The Balaban J connectivity index is 1.21. The van der Waals surface area contributed by atoms with Crippen LogP contribution in [0.4, 0.5) is 0 Å². The first-order valence-corrected chi connectivity index (χ1v) is 12.4. The molecular weight excluding hydrogens is 380 g/mol. The normalized spacial score (nSPS) is 28.6. The van der Waals surface area contributed by atoms with Crippen molar-refractivity contribution < 1.29 is 4.79 Å². The highest BCUT2D eigenvalue weighted by molar-refractivity contribution is 5.82. The number of amides is 1. The number of likely N-dealkylation sites (tertiary alicyclic amines) is 1. The van der Waals surface area contributed by atoms with Crippen molar-refractivity contribution in [1.29, 1.82) is 0 Å². The summed E-state index contributed by atoms with van der Waals surface area (Å²) in [6.45, 7) is 3.60. The highest BCUT2D eigenvalue weighted by Gasteiger charge is 2.51. The molecule has 3 nitrogen and oxygen atoms in total. The van der Waals surface area contributed by atoms with E-state index in [4.69, 9.17) is 0 Å². The zero-order valence-corrected chi connectivity index (χ0v) is 18.5. The molecule has 1 saturated carbocycles. The summed E-state index contributed by atoms with van der Waals surface area (Å²) in [5.41, 5.74) is 5.97. The van der Waals surface area contributed by atoms with E-state index in [1.165, 1.54) is 47.9 Å². The van der Waals surface area contributed by atoms with Crippen molar-refractivity contribution in [1.82, 2.24) is 10.2 Å². The summed E-state index contributed by atoms with van der Waals surface area (Å²) in [7, 11) is 0. The number of carbonyl (C=O) groups excluding carboxylic acids is 1. The summed E-state index contributed by atoms with van der Waals surface area (Å²) < 4.78 is 0. The molecule has 4 aliphatic rings. The largest absolute Gasteiger partial charge is 0.342 e. The molecular formula is C28H34N2O. The molecule has 6 rings (SSSR count). The monoisotopic (exact) mass is 414 g/mol. The van der Waals surface area contributed by atoms with Crippen molar-refractivity contribution in [3.05, 3.63) is 70.8 Å². The summed E-state index contributed by atoms with van der Waals surface area (Å²) in [5, 5.41) is 3.63. The van der Waals surface area contributed by atoms with E-state index in [9.17, 15) is 4.79 Å². The number of piperidine rings is 1. The Morgan fingerprint density at radius 1 is 0.935 bits per heavy atom. The molecule has 2 saturated heterocycles. The minimum Gasteiger partial charge on any atom is -0.342 e. The van der Waals surface area contributed by atoms with Crippen molar-refractivity contribution in [3.63, 3.8) is 0 Å². The van der Waals surface area contributed by atoms with Gasteiger partial charge in [-0.15, -0.1) is 0 Å². The average Bonchev–Trinajstić information content (AvgIpc) is 3.60.